The molecule has 0 radical (unpaired) electrons. The molecule has 1 saturated heterocycles. The van der Waals surface area contributed by atoms with Gasteiger partial charge in [-0.2, -0.15) is 0 Å². The predicted molar refractivity (Wildman–Crippen MR) is 96.3 cm³/mol. The van der Waals surface area contributed by atoms with Crippen LogP contribution in [-0.2, 0) is 4.79 Å². The van der Waals surface area contributed by atoms with Crippen LogP contribution in [0.1, 0.15) is 30.3 Å². The molecule has 1 amide bonds. The average molecular weight is 362 g/mol. The molecule has 1 aromatic carbocycles. The number of amides is 1. The van der Waals surface area contributed by atoms with Crippen LogP contribution in [0.3, 0.4) is 0 Å². The summed E-state index contributed by atoms with van der Waals surface area (Å²) in [5.74, 6) is 0.237. The van der Waals surface area contributed by atoms with Crippen molar-refractivity contribution in [2.24, 2.45) is 0 Å². The number of hydrogen-bond donors (Lipinski definition) is 1. The molecule has 1 aromatic heterocycles. The van der Waals surface area contributed by atoms with Gasteiger partial charge in [0.15, 0.2) is 0 Å². The molecule has 4 nitrogen and oxygen atoms in total. The Balaban J connectivity index is 0.00000121. The summed E-state index contributed by atoms with van der Waals surface area (Å²) in [6.45, 7) is 1.60. The first kappa shape index (κ1) is 19.2. The van der Waals surface area contributed by atoms with Crippen molar-refractivity contribution in [2.75, 3.05) is 20.1 Å². The van der Waals surface area contributed by atoms with Crippen LogP contribution in [0.5, 0.6) is 0 Å². The molecular formula is C15H21Cl2N3OS. The lowest BCUT2D eigenvalue weighted by molar-refractivity contribution is -0.132. The van der Waals surface area contributed by atoms with Gasteiger partial charge in [0.05, 0.1) is 16.3 Å². The fraction of sp³-hybridized carbons (Fsp3) is 0.467. The zero-order valence-electron chi connectivity index (χ0n) is 12.4. The van der Waals surface area contributed by atoms with E-state index in [4.69, 9.17) is 4.98 Å². The lowest BCUT2D eigenvalue weighted by Gasteiger charge is -2.23. The minimum Gasteiger partial charge on any atom is -0.333 e. The number of benzene rings is 1. The standard InChI is InChI=1S/C15H19N3OS.2ClH/c1-16-9-8-14(19)18-10-4-6-12(18)15-17-11-5-2-3-7-13(11)20-15;;/h2-3,5,7,12,16H,4,6,8-10H2,1H3;2*1H. The van der Waals surface area contributed by atoms with Crippen LogP contribution in [0.25, 0.3) is 10.2 Å². The first-order chi connectivity index (χ1) is 9.79. The Labute approximate surface area is 147 Å². The molecule has 0 bridgehead atoms. The van der Waals surface area contributed by atoms with Gasteiger partial charge >= 0.3 is 0 Å². The van der Waals surface area contributed by atoms with Crippen LogP contribution < -0.4 is 5.32 Å². The maximum absolute atomic E-state index is 12.3. The van der Waals surface area contributed by atoms with Crippen LogP contribution >= 0.6 is 36.2 Å². The largest absolute Gasteiger partial charge is 0.333 e. The van der Waals surface area contributed by atoms with Crippen molar-refractivity contribution in [3.05, 3.63) is 29.3 Å². The second-order valence-electron chi connectivity index (χ2n) is 5.12. The van der Waals surface area contributed by atoms with E-state index < -0.39 is 0 Å². The van der Waals surface area contributed by atoms with E-state index in [-0.39, 0.29) is 36.8 Å². The van der Waals surface area contributed by atoms with Gasteiger partial charge in [-0.3, -0.25) is 4.79 Å². The molecule has 0 aliphatic carbocycles. The number of thiazole rings is 1. The predicted octanol–water partition coefficient (Wildman–Crippen LogP) is 3.41. The Hall–Kier alpha value is -0.880. The highest BCUT2D eigenvalue weighted by Crippen LogP contribution is 2.36. The quantitative estimate of drug-likeness (QED) is 0.907. The van der Waals surface area contributed by atoms with Crippen LogP contribution in [0.15, 0.2) is 24.3 Å². The first-order valence-electron chi connectivity index (χ1n) is 7.09. The van der Waals surface area contributed by atoms with Gasteiger partial charge < -0.3 is 10.2 Å². The number of carbonyl (C=O) groups is 1. The van der Waals surface area contributed by atoms with E-state index in [2.05, 4.69) is 11.4 Å². The van der Waals surface area contributed by atoms with Gasteiger partial charge in [0, 0.05) is 19.5 Å². The van der Waals surface area contributed by atoms with Gasteiger partial charge in [-0.05, 0) is 32.0 Å². The van der Waals surface area contributed by atoms with E-state index in [0.29, 0.717) is 6.42 Å². The maximum atomic E-state index is 12.3. The summed E-state index contributed by atoms with van der Waals surface area (Å²) in [4.78, 5) is 19.0. The minimum absolute atomic E-state index is 0. The number of nitrogens with one attached hydrogen (secondary N) is 1. The van der Waals surface area contributed by atoms with Crippen molar-refractivity contribution in [2.45, 2.75) is 25.3 Å². The smallest absolute Gasteiger partial charge is 0.224 e. The van der Waals surface area contributed by atoms with Crippen LogP contribution in [-0.4, -0.2) is 35.9 Å². The molecular weight excluding hydrogens is 341 g/mol. The van der Waals surface area contributed by atoms with Gasteiger partial charge in [0.25, 0.3) is 0 Å². The Morgan fingerprint density at radius 1 is 1.41 bits per heavy atom. The highest BCUT2D eigenvalue weighted by Gasteiger charge is 2.31. The summed E-state index contributed by atoms with van der Waals surface area (Å²) >= 11 is 1.72. The molecule has 22 heavy (non-hydrogen) atoms. The monoisotopic (exact) mass is 361 g/mol. The molecule has 3 rings (SSSR count). The van der Waals surface area contributed by atoms with Crippen molar-refractivity contribution in [1.82, 2.24) is 15.2 Å². The van der Waals surface area contributed by atoms with Crippen molar-refractivity contribution < 1.29 is 4.79 Å². The summed E-state index contributed by atoms with van der Waals surface area (Å²) < 4.78 is 1.21. The second kappa shape index (κ2) is 8.67. The number of carbonyl (C=O) groups excluding carboxylic acids is 1. The number of likely N-dealkylation sites (tertiary alicyclic amines) is 1. The van der Waals surface area contributed by atoms with Gasteiger partial charge in [-0.15, -0.1) is 36.2 Å². The zero-order chi connectivity index (χ0) is 13.9. The maximum Gasteiger partial charge on any atom is 0.224 e. The summed E-state index contributed by atoms with van der Waals surface area (Å²) in [6.07, 6.45) is 2.68. The van der Waals surface area contributed by atoms with Gasteiger partial charge in [0.1, 0.15) is 5.01 Å². The third-order valence-electron chi connectivity index (χ3n) is 3.76. The molecule has 1 aliphatic heterocycles. The molecule has 122 valence electrons. The highest BCUT2D eigenvalue weighted by molar-refractivity contribution is 7.18. The summed E-state index contributed by atoms with van der Waals surface area (Å²) in [5.41, 5.74) is 1.04. The average Bonchev–Trinajstić information content (AvgIpc) is 3.09. The molecule has 1 unspecified atom stereocenters. The molecule has 2 heterocycles. The van der Waals surface area contributed by atoms with E-state index in [0.717, 1.165) is 36.5 Å². The zero-order valence-corrected chi connectivity index (χ0v) is 14.9. The van der Waals surface area contributed by atoms with Crippen LogP contribution in [0.2, 0.25) is 0 Å². The second-order valence-corrected chi connectivity index (χ2v) is 6.18. The van der Waals surface area contributed by atoms with Crippen LogP contribution in [0.4, 0.5) is 0 Å². The minimum atomic E-state index is 0. The number of rotatable bonds is 4. The van der Waals surface area contributed by atoms with Crippen molar-refractivity contribution in [3.63, 3.8) is 0 Å². The molecule has 1 N–H and O–H groups in total. The molecule has 0 spiro atoms. The lowest BCUT2D eigenvalue weighted by atomic mass is 10.2. The van der Waals surface area contributed by atoms with Crippen molar-refractivity contribution in [1.29, 1.82) is 0 Å². The fourth-order valence-electron chi connectivity index (χ4n) is 2.73. The van der Waals surface area contributed by atoms with Gasteiger partial charge in [-0.25, -0.2) is 4.98 Å². The van der Waals surface area contributed by atoms with Gasteiger partial charge in [0.2, 0.25) is 5.91 Å². The summed E-state index contributed by atoms with van der Waals surface area (Å²) in [5, 5.41) is 4.12. The molecule has 2 aromatic rings. The van der Waals surface area contributed by atoms with E-state index >= 15 is 0 Å². The number of aromatic nitrogens is 1. The SMILES string of the molecule is CNCCC(=O)N1CCCC1c1nc2ccccc2s1.Cl.Cl. The Kier molecular flexibility index (Phi) is 7.56. The lowest BCUT2D eigenvalue weighted by Crippen LogP contribution is -2.32. The van der Waals surface area contributed by atoms with E-state index in [9.17, 15) is 4.79 Å². The third kappa shape index (κ3) is 3.90. The van der Waals surface area contributed by atoms with Gasteiger partial charge in [-0.1, -0.05) is 12.1 Å². The first-order valence-corrected chi connectivity index (χ1v) is 7.91. The van der Waals surface area contributed by atoms with E-state index in [1.165, 1.54) is 4.70 Å². The molecule has 0 saturated carbocycles. The summed E-state index contributed by atoms with van der Waals surface area (Å²) in [7, 11) is 1.88. The van der Waals surface area contributed by atoms with E-state index in [1.54, 1.807) is 11.3 Å². The summed E-state index contributed by atoms with van der Waals surface area (Å²) in [6, 6.07) is 8.36. The van der Waals surface area contributed by atoms with Crippen LogP contribution in [0, 0.1) is 0 Å². The molecule has 7 heteroatoms. The Bertz CT molecular complexity index is 587. The molecule has 1 fully saturated rings. The van der Waals surface area contributed by atoms with E-state index in [1.807, 2.05) is 30.1 Å². The van der Waals surface area contributed by atoms with Crippen molar-refractivity contribution >= 4 is 52.3 Å². The fourth-order valence-corrected chi connectivity index (χ4v) is 3.85. The highest BCUT2D eigenvalue weighted by atomic mass is 35.5. The normalized spacial score (nSPS) is 17.1. The Morgan fingerprint density at radius 2 is 2.18 bits per heavy atom. The van der Waals surface area contributed by atoms with Crippen molar-refractivity contribution in [3.8, 4) is 0 Å². The number of nitrogens with zero attached hydrogens (tertiary/aromatic N) is 2. The number of fused-ring (bicyclic) bond motifs is 1. The molecule has 1 aliphatic rings. The topological polar surface area (TPSA) is 45.2 Å². The Morgan fingerprint density at radius 3 is 2.91 bits per heavy atom. The third-order valence-corrected chi connectivity index (χ3v) is 4.90. The molecule has 1 atom stereocenters. The number of halogens is 2. The number of hydrogen-bond acceptors (Lipinski definition) is 4. The number of para-hydroxylation sites is 1.